The zero-order chi connectivity index (χ0) is 18.5. The first-order valence-corrected chi connectivity index (χ1v) is 9.94. The lowest BCUT2D eigenvalue weighted by Crippen LogP contribution is -2.39. The SMILES string of the molecule is CC(C)(C)S(=O)(=O)NCCCCCNc1ccc2oc(=O)ccc2c1. The molecule has 0 saturated carbocycles. The lowest BCUT2D eigenvalue weighted by molar-refractivity contribution is 0.540. The van der Waals surface area contributed by atoms with Crippen molar-refractivity contribution in [2.24, 2.45) is 0 Å². The molecule has 1 aromatic carbocycles. The Kier molecular flexibility index (Phi) is 6.24. The number of benzene rings is 1. The van der Waals surface area contributed by atoms with E-state index in [0.717, 1.165) is 36.9 Å². The summed E-state index contributed by atoms with van der Waals surface area (Å²) in [5, 5.41) is 4.20. The minimum atomic E-state index is -3.25. The van der Waals surface area contributed by atoms with Crippen LogP contribution in [0.1, 0.15) is 40.0 Å². The molecule has 0 radical (unpaired) electrons. The summed E-state index contributed by atoms with van der Waals surface area (Å²) < 4.78 is 30.8. The van der Waals surface area contributed by atoms with E-state index in [1.165, 1.54) is 6.07 Å². The Morgan fingerprint density at radius 2 is 1.72 bits per heavy atom. The molecule has 2 rings (SSSR count). The lowest BCUT2D eigenvalue weighted by Gasteiger charge is -2.19. The van der Waals surface area contributed by atoms with E-state index >= 15 is 0 Å². The van der Waals surface area contributed by atoms with Crippen LogP contribution >= 0.6 is 0 Å². The Balaban J connectivity index is 1.70. The number of sulfonamides is 1. The van der Waals surface area contributed by atoms with Gasteiger partial charge in [0.25, 0.3) is 0 Å². The Labute approximate surface area is 148 Å². The number of fused-ring (bicyclic) bond motifs is 1. The fourth-order valence-corrected chi connectivity index (χ4v) is 3.11. The highest BCUT2D eigenvalue weighted by molar-refractivity contribution is 7.90. The minimum absolute atomic E-state index is 0.352. The van der Waals surface area contributed by atoms with Gasteiger partial charge in [0.05, 0.1) is 4.75 Å². The van der Waals surface area contributed by atoms with E-state index in [0.29, 0.717) is 12.1 Å². The van der Waals surface area contributed by atoms with Crippen LogP contribution in [0.3, 0.4) is 0 Å². The molecule has 0 aliphatic carbocycles. The molecule has 2 N–H and O–H groups in total. The van der Waals surface area contributed by atoms with Crippen LogP contribution in [0.5, 0.6) is 0 Å². The van der Waals surface area contributed by atoms with Crippen LogP contribution in [0.25, 0.3) is 11.0 Å². The standard InChI is InChI=1S/C18H26N2O4S/c1-18(2,3)25(22,23)20-12-6-4-5-11-19-15-8-9-16-14(13-15)7-10-17(21)24-16/h7-10,13,19-20H,4-6,11-12H2,1-3H3. The molecule has 0 spiro atoms. The molecule has 0 amide bonds. The molecule has 6 nitrogen and oxygen atoms in total. The molecular formula is C18H26N2O4S. The van der Waals surface area contributed by atoms with Gasteiger partial charge in [0.1, 0.15) is 5.58 Å². The quantitative estimate of drug-likeness (QED) is 0.554. The Hall–Kier alpha value is -1.86. The van der Waals surface area contributed by atoms with Crippen LogP contribution in [0.2, 0.25) is 0 Å². The van der Waals surface area contributed by atoms with Gasteiger partial charge in [-0.15, -0.1) is 0 Å². The molecule has 2 aromatic rings. The molecule has 0 aliphatic rings. The molecule has 1 aromatic heterocycles. The Morgan fingerprint density at radius 3 is 2.44 bits per heavy atom. The predicted molar refractivity (Wildman–Crippen MR) is 102 cm³/mol. The van der Waals surface area contributed by atoms with Crippen molar-refractivity contribution in [2.75, 3.05) is 18.4 Å². The maximum absolute atomic E-state index is 11.9. The van der Waals surface area contributed by atoms with Gasteiger partial charge in [-0.1, -0.05) is 6.42 Å². The first-order chi connectivity index (χ1) is 11.7. The molecule has 0 aliphatic heterocycles. The Morgan fingerprint density at radius 1 is 1.00 bits per heavy atom. The van der Waals surface area contributed by atoms with E-state index in [-0.39, 0.29) is 5.63 Å². The highest BCUT2D eigenvalue weighted by Crippen LogP contribution is 2.17. The van der Waals surface area contributed by atoms with E-state index < -0.39 is 14.8 Å². The minimum Gasteiger partial charge on any atom is -0.423 e. The third-order valence-electron chi connectivity index (χ3n) is 3.90. The summed E-state index contributed by atoms with van der Waals surface area (Å²) in [6.45, 7) is 6.33. The third kappa shape index (κ3) is 5.57. The fraction of sp³-hybridized carbons (Fsp3) is 0.500. The molecule has 0 unspecified atom stereocenters. The topological polar surface area (TPSA) is 88.4 Å². The monoisotopic (exact) mass is 366 g/mol. The maximum atomic E-state index is 11.9. The average molecular weight is 366 g/mol. The first kappa shape index (κ1) is 19.5. The van der Waals surface area contributed by atoms with Crippen molar-refractivity contribution in [3.63, 3.8) is 0 Å². The Bertz CT molecular complexity index is 867. The van der Waals surface area contributed by atoms with Gasteiger partial charge in [-0.25, -0.2) is 17.9 Å². The number of anilines is 1. The number of nitrogens with one attached hydrogen (secondary N) is 2. The second kappa shape index (κ2) is 8.01. The van der Waals surface area contributed by atoms with Crippen molar-refractivity contribution in [2.45, 2.75) is 44.8 Å². The third-order valence-corrected chi connectivity index (χ3v) is 6.10. The van der Waals surface area contributed by atoms with Crippen LogP contribution in [0, 0.1) is 0 Å². The van der Waals surface area contributed by atoms with Gasteiger partial charge in [0.2, 0.25) is 10.0 Å². The van der Waals surface area contributed by atoms with Gasteiger partial charge in [0, 0.05) is 30.2 Å². The predicted octanol–water partition coefficient (Wildman–Crippen LogP) is 3.09. The van der Waals surface area contributed by atoms with Gasteiger partial charge in [-0.2, -0.15) is 0 Å². The van der Waals surface area contributed by atoms with Gasteiger partial charge >= 0.3 is 5.63 Å². The molecule has 138 valence electrons. The molecule has 0 saturated heterocycles. The molecule has 0 bridgehead atoms. The maximum Gasteiger partial charge on any atom is 0.336 e. The zero-order valence-corrected chi connectivity index (χ0v) is 15.8. The number of hydrogen-bond donors (Lipinski definition) is 2. The van der Waals surface area contributed by atoms with Crippen molar-refractivity contribution in [3.05, 3.63) is 40.8 Å². The van der Waals surface area contributed by atoms with Crippen LogP contribution in [0.4, 0.5) is 5.69 Å². The van der Waals surface area contributed by atoms with Gasteiger partial charge in [-0.3, -0.25) is 0 Å². The van der Waals surface area contributed by atoms with Crippen molar-refractivity contribution < 1.29 is 12.8 Å². The van der Waals surface area contributed by atoms with Gasteiger partial charge in [0.15, 0.2) is 0 Å². The van der Waals surface area contributed by atoms with Crippen molar-refractivity contribution >= 4 is 26.7 Å². The summed E-state index contributed by atoms with van der Waals surface area (Å²) >= 11 is 0. The summed E-state index contributed by atoms with van der Waals surface area (Å²) in [6.07, 6.45) is 2.68. The smallest absolute Gasteiger partial charge is 0.336 e. The summed E-state index contributed by atoms with van der Waals surface area (Å²) in [5.74, 6) is 0. The molecule has 0 fully saturated rings. The van der Waals surface area contributed by atoms with Crippen LogP contribution in [-0.2, 0) is 10.0 Å². The van der Waals surface area contributed by atoms with Crippen molar-refractivity contribution in [3.8, 4) is 0 Å². The average Bonchev–Trinajstić information content (AvgIpc) is 2.52. The first-order valence-electron chi connectivity index (χ1n) is 8.46. The van der Waals surface area contributed by atoms with Crippen LogP contribution in [-0.4, -0.2) is 26.3 Å². The van der Waals surface area contributed by atoms with E-state index in [4.69, 9.17) is 4.42 Å². The molecule has 7 heteroatoms. The summed E-state index contributed by atoms with van der Waals surface area (Å²) in [5.41, 5.74) is 1.19. The fourth-order valence-electron chi connectivity index (χ4n) is 2.26. The van der Waals surface area contributed by atoms with Gasteiger partial charge < -0.3 is 9.73 Å². The second-order valence-electron chi connectivity index (χ2n) is 7.00. The summed E-state index contributed by atoms with van der Waals surface area (Å²) in [4.78, 5) is 11.2. The van der Waals surface area contributed by atoms with E-state index in [9.17, 15) is 13.2 Å². The van der Waals surface area contributed by atoms with E-state index in [1.54, 1.807) is 32.9 Å². The number of unbranched alkanes of at least 4 members (excludes halogenated alkanes) is 2. The number of hydrogen-bond acceptors (Lipinski definition) is 5. The van der Waals surface area contributed by atoms with Crippen LogP contribution in [0.15, 0.2) is 39.5 Å². The van der Waals surface area contributed by atoms with E-state index in [1.807, 2.05) is 12.1 Å². The molecular weight excluding hydrogens is 340 g/mol. The highest BCUT2D eigenvalue weighted by atomic mass is 32.2. The zero-order valence-electron chi connectivity index (χ0n) is 15.0. The lowest BCUT2D eigenvalue weighted by atomic mass is 10.2. The highest BCUT2D eigenvalue weighted by Gasteiger charge is 2.27. The van der Waals surface area contributed by atoms with Gasteiger partial charge in [-0.05, 0) is 57.9 Å². The van der Waals surface area contributed by atoms with Crippen molar-refractivity contribution in [1.82, 2.24) is 4.72 Å². The van der Waals surface area contributed by atoms with E-state index in [2.05, 4.69) is 10.0 Å². The molecule has 25 heavy (non-hydrogen) atoms. The molecule has 1 heterocycles. The van der Waals surface area contributed by atoms with Crippen LogP contribution < -0.4 is 15.7 Å². The summed E-state index contributed by atoms with van der Waals surface area (Å²) in [6, 6.07) is 8.75. The summed E-state index contributed by atoms with van der Waals surface area (Å²) in [7, 11) is -3.25. The normalized spacial score (nSPS) is 12.4. The van der Waals surface area contributed by atoms with Crippen molar-refractivity contribution in [1.29, 1.82) is 0 Å². The number of rotatable bonds is 8. The molecule has 0 atom stereocenters. The second-order valence-corrected chi connectivity index (χ2v) is 9.52. The largest absolute Gasteiger partial charge is 0.423 e.